The van der Waals surface area contributed by atoms with E-state index in [1.165, 1.54) is 0 Å². The summed E-state index contributed by atoms with van der Waals surface area (Å²) in [5.41, 5.74) is 2.02. The van der Waals surface area contributed by atoms with E-state index in [1.54, 1.807) is 12.0 Å². The molecule has 146 valence electrons. The van der Waals surface area contributed by atoms with Crippen LogP contribution in [0.5, 0.6) is 0 Å². The molecule has 6 heteroatoms. The first-order chi connectivity index (χ1) is 13.6. The molecular formula is C22H24N2O4. The number of nitrogens with zero attached hydrogens (tertiary/aromatic N) is 1. The highest BCUT2D eigenvalue weighted by Crippen LogP contribution is 2.38. The molecule has 2 aliphatic rings. The molecule has 2 aromatic carbocycles. The van der Waals surface area contributed by atoms with Gasteiger partial charge < -0.3 is 14.8 Å². The lowest BCUT2D eigenvalue weighted by atomic mass is 9.93. The zero-order chi connectivity index (χ0) is 19.7. The van der Waals surface area contributed by atoms with Crippen LogP contribution in [0.4, 0.5) is 4.79 Å². The number of esters is 1. The summed E-state index contributed by atoms with van der Waals surface area (Å²) in [6, 6.07) is 13.5. The average Bonchev–Trinajstić information content (AvgIpc) is 3.52. The van der Waals surface area contributed by atoms with Gasteiger partial charge in [-0.1, -0.05) is 36.4 Å². The lowest BCUT2D eigenvalue weighted by molar-refractivity contribution is -0.140. The zero-order valence-corrected chi connectivity index (χ0v) is 16.1. The number of allylic oxidation sites excluding steroid dienone is 1. The summed E-state index contributed by atoms with van der Waals surface area (Å²) >= 11 is 0. The lowest BCUT2D eigenvalue weighted by Crippen LogP contribution is -2.49. The standard InChI is InChI=1S/C22H24N2O4/c1-14-19(21(25)28-12-11-27-2)20(23-22(26)24(14)18-9-10-18)17-8-7-15-5-3-4-6-16(15)13-17/h3-8,13,18,20H,9-12H2,1-2H3,(H,23,26)/t20-/m1/s1. The second-order valence-electron chi connectivity index (χ2n) is 7.22. The van der Waals surface area contributed by atoms with Crippen molar-refractivity contribution in [2.24, 2.45) is 0 Å². The molecule has 1 N–H and O–H groups in total. The fraction of sp³-hybridized carbons (Fsp3) is 0.364. The summed E-state index contributed by atoms with van der Waals surface area (Å²) in [6.07, 6.45) is 1.91. The van der Waals surface area contributed by atoms with Gasteiger partial charge in [0.25, 0.3) is 0 Å². The van der Waals surface area contributed by atoms with Crippen LogP contribution in [0, 0.1) is 0 Å². The minimum absolute atomic E-state index is 0.161. The van der Waals surface area contributed by atoms with E-state index in [2.05, 4.69) is 5.32 Å². The Morgan fingerprint density at radius 1 is 1.14 bits per heavy atom. The van der Waals surface area contributed by atoms with E-state index in [1.807, 2.05) is 49.4 Å². The van der Waals surface area contributed by atoms with E-state index in [9.17, 15) is 9.59 Å². The van der Waals surface area contributed by atoms with Gasteiger partial charge in [-0.2, -0.15) is 0 Å². The van der Waals surface area contributed by atoms with Crippen molar-refractivity contribution in [1.29, 1.82) is 0 Å². The Balaban J connectivity index is 1.74. The van der Waals surface area contributed by atoms with E-state index in [0.29, 0.717) is 17.9 Å². The van der Waals surface area contributed by atoms with Crippen molar-refractivity contribution in [2.75, 3.05) is 20.3 Å². The first-order valence-corrected chi connectivity index (χ1v) is 9.55. The van der Waals surface area contributed by atoms with Crippen LogP contribution in [0.15, 0.2) is 53.7 Å². The van der Waals surface area contributed by atoms with Crippen LogP contribution < -0.4 is 5.32 Å². The molecule has 28 heavy (non-hydrogen) atoms. The van der Waals surface area contributed by atoms with Crippen LogP contribution >= 0.6 is 0 Å². The Morgan fingerprint density at radius 2 is 1.89 bits per heavy atom. The van der Waals surface area contributed by atoms with E-state index in [0.717, 1.165) is 29.2 Å². The molecule has 1 atom stereocenters. The number of benzene rings is 2. The van der Waals surface area contributed by atoms with E-state index in [-0.39, 0.29) is 18.7 Å². The summed E-state index contributed by atoms with van der Waals surface area (Å²) in [5.74, 6) is -0.418. The molecule has 2 aromatic rings. The molecule has 1 aliphatic heterocycles. The molecule has 1 saturated carbocycles. The lowest BCUT2D eigenvalue weighted by Gasteiger charge is -2.35. The van der Waals surface area contributed by atoms with Crippen molar-refractivity contribution in [3.63, 3.8) is 0 Å². The van der Waals surface area contributed by atoms with Crippen LogP contribution in [0.2, 0.25) is 0 Å². The van der Waals surface area contributed by atoms with Crippen molar-refractivity contribution in [3.05, 3.63) is 59.3 Å². The first kappa shape index (κ1) is 18.5. The van der Waals surface area contributed by atoms with Gasteiger partial charge in [-0.3, -0.25) is 4.90 Å². The van der Waals surface area contributed by atoms with Gasteiger partial charge in [-0.25, -0.2) is 9.59 Å². The van der Waals surface area contributed by atoms with Crippen molar-refractivity contribution in [1.82, 2.24) is 10.2 Å². The number of methoxy groups -OCH3 is 1. The molecule has 1 fully saturated rings. The van der Waals surface area contributed by atoms with Gasteiger partial charge in [0.2, 0.25) is 0 Å². The van der Waals surface area contributed by atoms with Gasteiger partial charge in [-0.15, -0.1) is 0 Å². The van der Waals surface area contributed by atoms with Crippen LogP contribution in [0.25, 0.3) is 10.8 Å². The van der Waals surface area contributed by atoms with Crippen LogP contribution in [0.3, 0.4) is 0 Å². The molecule has 0 aromatic heterocycles. The fourth-order valence-corrected chi connectivity index (χ4v) is 3.73. The van der Waals surface area contributed by atoms with Crippen LogP contribution in [-0.2, 0) is 14.3 Å². The predicted molar refractivity (Wildman–Crippen MR) is 106 cm³/mol. The van der Waals surface area contributed by atoms with Gasteiger partial charge in [0, 0.05) is 18.8 Å². The van der Waals surface area contributed by atoms with E-state index < -0.39 is 12.0 Å². The molecule has 0 saturated heterocycles. The molecule has 6 nitrogen and oxygen atoms in total. The van der Waals surface area contributed by atoms with Crippen LogP contribution in [-0.4, -0.2) is 43.3 Å². The third-order valence-corrected chi connectivity index (χ3v) is 5.29. The Hall–Kier alpha value is -2.86. The third kappa shape index (κ3) is 3.47. The minimum atomic E-state index is -0.540. The number of urea groups is 1. The monoisotopic (exact) mass is 380 g/mol. The Bertz CT molecular complexity index is 948. The van der Waals surface area contributed by atoms with Gasteiger partial charge in [0.1, 0.15) is 6.61 Å². The van der Waals surface area contributed by atoms with Gasteiger partial charge in [0.15, 0.2) is 0 Å². The number of rotatable bonds is 6. The van der Waals surface area contributed by atoms with Crippen molar-refractivity contribution in [3.8, 4) is 0 Å². The number of hydrogen-bond donors (Lipinski definition) is 1. The molecule has 0 radical (unpaired) electrons. The fourth-order valence-electron chi connectivity index (χ4n) is 3.73. The molecule has 4 rings (SSSR count). The maximum atomic E-state index is 12.9. The van der Waals surface area contributed by atoms with E-state index >= 15 is 0 Å². The summed E-state index contributed by atoms with van der Waals surface area (Å²) in [6.45, 7) is 2.34. The second-order valence-corrected chi connectivity index (χ2v) is 7.22. The van der Waals surface area contributed by atoms with Gasteiger partial charge in [-0.05, 0) is 42.2 Å². The molecule has 0 spiro atoms. The van der Waals surface area contributed by atoms with E-state index in [4.69, 9.17) is 9.47 Å². The minimum Gasteiger partial charge on any atom is -0.460 e. The Labute approximate surface area is 164 Å². The smallest absolute Gasteiger partial charge is 0.338 e. The normalized spacial score (nSPS) is 19.7. The van der Waals surface area contributed by atoms with Crippen molar-refractivity contribution in [2.45, 2.75) is 31.8 Å². The molecule has 2 amide bonds. The quantitative estimate of drug-likeness (QED) is 0.615. The zero-order valence-electron chi connectivity index (χ0n) is 16.1. The SMILES string of the molecule is COCCOC(=O)C1=C(C)N(C2CC2)C(=O)N[C@@H]1c1ccc2ccccc2c1. The number of hydrogen-bond acceptors (Lipinski definition) is 4. The summed E-state index contributed by atoms with van der Waals surface area (Å²) in [7, 11) is 1.56. The summed E-state index contributed by atoms with van der Waals surface area (Å²) in [4.78, 5) is 27.4. The second kappa shape index (κ2) is 7.64. The van der Waals surface area contributed by atoms with Crippen molar-refractivity contribution >= 4 is 22.8 Å². The number of fused-ring (bicyclic) bond motifs is 1. The molecule has 1 heterocycles. The largest absolute Gasteiger partial charge is 0.460 e. The van der Waals surface area contributed by atoms with Crippen molar-refractivity contribution < 1.29 is 19.1 Å². The topological polar surface area (TPSA) is 67.9 Å². The first-order valence-electron chi connectivity index (χ1n) is 9.55. The Kier molecular flexibility index (Phi) is 5.05. The molecule has 0 unspecified atom stereocenters. The summed E-state index contributed by atoms with van der Waals surface area (Å²) in [5, 5.41) is 5.19. The number of carbonyl (C=O) groups is 2. The van der Waals surface area contributed by atoms with Crippen LogP contribution in [0.1, 0.15) is 31.4 Å². The maximum Gasteiger partial charge on any atom is 0.338 e. The molecule has 1 aliphatic carbocycles. The number of carbonyl (C=O) groups excluding carboxylic acids is 2. The molecule has 0 bridgehead atoms. The highest BCUT2D eigenvalue weighted by atomic mass is 16.6. The number of ether oxygens (including phenoxy) is 2. The highest BCUT2D eigenvalue weighted by molar-refractivity contribution is 5.95. The average molecular weight is 380 g/mol. The number of amides is 2. The Morgan fingerprint density at radius 3 is 2.61 bits per heavy atom. The maximum absolute atomic E-state index is 12.9. The molecular weight excluding hydrogens is 356 g/mol. The van der Waals surface area contributed by atoms with Gasteiger partial charge >= 0.3 is 12.0 Å². The predicted octanol–water partition coefficient (Wildman–Crippen LogP) is 3.53. The number of nitrogens with one attached hydrogen (secondary N) is 1. The third-order valence-electron chi connectivity index (χ3n) is 5.29. The summed E-state index contributed by atoms with van der Waals surface area (Å²) < 4.78 is 10.4. The van der Waals surface area contributed by atoms with Gasteiger partial charge in [0.05, 0.1) is 18.2 Å². The highest BCUT2D eigenvalue weighted by Gasteiger charge is 2.42.